The van der Waals surface area contributed by atoms with E-state index >= 15 is 0 Å². The van der Waals surface area contributed by atoms with Crippen molar-refractivity contribution in [2.24, 2.45) is 23.7 Å². The molecule has 3 rings (SSSR count). The third kappa shape index (κ3) is 8.47. The number of hydrogen-bond acceptors (Lipinski definition) is 5. The molecule has 2 aliphatic carbocycles. The van der Waals surface area contributed by atoms with Gasteiger partial charge in [0.1, 0.15) is 0 Å². The number of imide groups is 1. The van der Waals surface area contributed by atoms with Crippen LogP contribution in [0, 0.1) is 23.7 Å². The molecule has 0 spiro atoms. The van der Waals surface area contributed by atoms with Crippen LogP contribution in [0.25, 0.3) is 0 Å². The number of carbonyl (C=O) groups is 5. The SMILES string of the molecule is O=C(CCCCCNC(=O)C1CCC(CN2C(=O)C=CC2=O)CC1)NCC1CCC(C(=O)O)CC1. The van der Waals surface area contributed by atoms with Gasteiger partial charge in [0, 0.05) is 44.1 Å². The van der Waals surface area contributed by atoms with Crippen molar-refractivity contribution in [1.82, 2.24) is 15.5 Å². The minimum atomic E-state index is -0.709. The van der Waals surface area contributed by atoms with Crippen molar-refractivity contribution in [1.29, 1.82) is 0 Å². The van der Waals surface area contributed by atoms with Gasteiger partial charge in [-0.3, -0.25) is 28.9 Å². The Labute approximate surface area is 207 Å². The second kappa shape index (κ2) is 13.4. The Balaban J connectivity index is 1.17. The summed E-state index contributed by atoms with van der Waals surface area (Å²) in [5.74, 6) is -0.675. The van der Waals surface area contributed by atoms with E-state index in [1.807, 2.05) is 0 Å². The molecule has 2 saturated carbocycles. The molecule has 4 amide bonds. The Bertz CT molecular complexity index is 792. The van der Waals surface area contributed by atoms with Crippen LogP contribution in [0.2, 0.25) is 0 Å². The van der Waals surface area contributed by atoms with Gasteiger partial charge in [0.05, 0.1) is 5.92 Å². The molecule has 9 heteroatoms. The van der Waals surface area contributed by atoms with Crippen LogP contribution in [0.4, 0.5) is 0 Å². The van der Waals surface area contributed by atoms with E-state index in [0.29, 0.717) is 44.8 Å². The summed E-state index contributed by atoms with van der Waals surface area (Å²) >= 11 is 0. The van der Waals surface area contributed by atoms with E-state index in [2.05, 4.69) is 10.6 Å². The van der Waals surface area contributed by atoms with Crippen molar-refractivity contribution < 1.29 is 29.1 Å². The van der Waals surface area contributed by atoms with Crippen LogP contribution < -0.4 is 10.6 Å². The molecular formula is C26H39N3O6. The van der Waals surface area contributed by atoms with Crippen molar-refractivity contribution in [3.8, 4) is 0 Å². The van der Waals surface area contributed by atoms with E-state index in [0.717, 1.165) is 57.8 Å². The summed E-state index contributed by atoms with van der Waals surface area (Å²) in [6, 6.07) is 0. The lowest BCUT2D eigenvalue weighted by molar-refractivity contribution is -0.143. The molecule has 0 aromatic heterocycles. The summed E-state index contributed by atoms with van der Waals surface area (Å²) in [5, 5.41) is 15.0. The topological polar surface area (TPSA) is 133 Å². The van der Waals surface area contributed by atoms with Crippen LogP contribution in [-0.2, 0) is 24.0 Å². The van der Waals surface area contributed by atoms with Crippen LogP contribution in [0.3, 0.4) is 0 Å². The number of nitrogens with zero attached hydrogens (tertiary/aromatic N) is 1. The highest BCUT2D eigenvalue weighted by atomic mass is 16.4. The number of nitrogens with one attached hydrogen (secondary N) is 2. The highest BCUT2D eigenvalue weighted by molar-refractivity contribution is 6.12. The molecule has 3 N–H and O–H groups in total. The number of aliphatic carboxylic acids is 1. The van der Waals surface area contributed by atoms with Gasteiger partial charge in [-0.2, -0.15) is 0 Å². The Morgan fingerprint density at radius 1 is 0.800 bits per heavy atom. The van der Waals surface area contributed by atoms with Gasteiger partial charge in [0.2, 0.25) is 11.8 Å². The Kier molecular flexibility index (Phi) is 10.3. The lowest BCUT2D eigenvalue weighted by Crippen LogP contribution is -2.38. The molecule has 194 valence electrons. The number of carbonyl (C=O) groups excluding carboxylic acids is 4. The molecule has 0 atom stereocenters. The highest BCUT2D eigenvalue weighted by Crippen LogP contribution is 2.30. The van der Waals surface area contributed by atoms with Crippen LogP contribution in [-0.4, -0.2) is 59.2 Å². The second-order valence-corrected chi connectivity index (χ2v) is 10.3. The average Bonchev–Trinajstić information content (AvgIpc) is 3.17. The largest absolute Gasteiger partial charge is 0.481 e. The maximum absolute atomic E-state index is 12.5. The van der Waals surface area contributed by atoms with E-state index < -0.39 is 5.97 Å². The number of amides is 4. The normalized spacial score (nSPS) is 26.6. The zero-order valence-electron chi connectivity index (χ0n) is 20.5. The number of carboxylic acid groups (broad SMARTS) is 1. The van der Waals surface area contributed by atoms with Gasteiger partial charge in [0.25, 0.3) is 11.8 Å². The van der Waals surface area contributed by atoms with Crippen molar-refractivity contribution in [3.63, 3.8) is 0 Å². The summed E-state index contributed by atoms with van der Waals surface area (Å²) < 4.78 is 0. The Morgan fingerprint density at radius 2 is 1.40 bits per heavy atom. The smallest absolute Gasteiger partial charge is 0.306 e. The minimum absolute atomic E-state index is 0.00861. The van der Waals surface area contributed by atoms with Gasteiger partial charge in [-0.25, -0.2) is 0 Å². The molecule has 0 unspecified atom stereocenters. The summed E-state index contributed by atoms with van der Waals surface area (Å²) in [6.45, 7) is 1.68. The van der Waals surface area contributed by atoms with Crippen LogP contribution in [0.5, 0.6) is 0 Å². The quantitative estimate of drug-likeness (QED) is 0.285. The van der Waals surface area contributed by atoms with Crippen LogP contribution in [0.15, 0.2) is 12.2 Å². The molecule has 1 heterocycles. The Hall–Kier alpha value is -2.71. The molecule has 35 heavy (non-hydrogen) atoms. The third-order valence-electron chi connectivity index (χ3n) is 7.72. The minimum Gasteiger partial charge on any atom is -0.481 e. The van der Waals surface area contributed by atoms with Crippen molar-refractivity contribution in [3.05, 3.63) is 12.2 Å². The summed E-state index contributed by atoms with van der Waals surface area (Å²) in [7, 11) is 0. The molecule has 3 aliphatic rings. The van der Waals surface area contributed by atoms with Gasteiger partial charge >= 0.3 is 5.97 Å². The molecule has 0 aromatic rings. The first kappa shape index (κ1) is 26.9. The van der Waals surface area contributed by atoms with Crippen LogP contribution in [0.1, 0.15) is 77.0 Å². The number of unbranched alkanes of at least 4 members (excludes halogenated alkanes) is 2. The van der Waals surface area contributed by atoms with E-state index in [1.165, 1.54) is 17.1 Å². The molecule has 0 radical (unpaired) electrons. The first-order valence-corrected chi connectivity index (χ1v) is 13.1. The first-order valence-electron chi connectivity index (χ1n) is 13.1. The second-order valence-electron chi connectivity index (χ2n) is 10.3. The number of hydrogen-bond donors (Lipinski definition) is 3. The van der Waals surface area contributed by atoms with Crippen LogP contribution >= 0.6 is 0 Å². The predicted octanol–water partition coefficient (Wildman–Crippen LogP) is 2.40. The summed E-state index contributed by atoms with van der Waals surface area (Å²) in [4.78, 5) is 60.2. The zero-order chi connectivity index (χ0) is 25.2. The van der Waals surface area contributed by atoms with E-state index in [1.54, 1.807) is 0 Å². The van der Waals surface area contributed by atoms with Gasteiger partial charge in [-0.1, -0.05) is 6.42 Å². The van der Waals surface area contributed by atoms with E-state index in [9.17, 15) is 24.0 Å². The standard InChI is InChI=1S/C26H39N3O6/c30-22(28-16-18-5-11-21(12-6-18)26(34)35)4-2-1-3-15-27-25(33)20-9-7-19(8-10-20)17-29-23(31)13-14-24(29)32/h13-14,18-21H,1-12,15-17H2,(H,27,33)(H,28,30)(H,34,35). The summed E-state index contributed by atoms with van der Waals surface area (Å²) in [6.07, 6.45) is 11.9. The fraction of sp³-hybridized carbons (Fsp3) is 0.731. The third-order valence-corrected chi connectivity index (χ3v) is 7.72. The molecular weight excluding hydrogens is 450 g/mol. The highest BCUT2D eigenvalue weighted by Gasteiger charge is 2.31. The number of rotatable bonds is 12. The molecule has 0 saturated heterocycles. The molecule has 0 aromatic carbocycles. The number of carboxylic acids is 1. The molecule has 2 fully saturated rings. The fourth-order valence-corrected chi connectivity index (χ4v) is 5.38. The molecule has 9 nitrogen and oxygen atoms in total. The van der Waals surface area contributed by atoms with Gasteiger partial charge in [-0.15, -0.1) is 0 Å². The first-order chi connectivity index (χ1) is 16.8. The summed E-state index contributed by atoms with van der Waals surface area (Å²) in [5.41, 5.74) is 0. The van der Waals surface area contributed by atoms with Gasteiger partial charge < -0.3 is 15.7 Å². The van der Waals surface area contributed by atoms with Crippen molar-refractivity contribution in [2.75, 3.05) is 19.6 Å². The molecule has 0 bridgehead atoms. The zero-order valence-corrected chi connectivity index (χ0v) is 20.5. The maximum Gasteiger partial charge on any atom is 0.306 e. The van der Waals surface area contributed by atoms with Crippen molar-refractivity contribution in [2.45, 2.75) is 77.0 Å². The molecule has 1 aliphatic heterocycles. The Morgan fingerprint density at radius 3 is 2.03 bits per heavy atom. The van der Waals surface area contributed by atoms with Crippen molar-refractivity contribution >= 4 is 29.6 Å². The van der Waals surface area contributed by atoms with E-state index in [4.69, 9.17) is 5.11 Å². The predicted molar refractivity (Wildman–Crippen MR) is 129 cm³/mol. The lowest BCUT2D eigenvalue weighted by Gasteiger charge is -2.30. The maximum atomic E-state index is 12.5. The van der Waals surface area contributed by atoms with Gasteiger partial charge in [-0.05, 0) is 76.0 Å². The van der Waals surface area contributed by atoms with E-state index in [-0.39, 0.29) is 41.4 Å². The monoisotopic (exact) mass is 489 g/mol. The fourth-order valence-electron chi connectivity index (χ4n) is 5.38. The average molecular weight is 490 g/mol. The van der Waals surface area contributed by atoms with Gasteiger partial charge in [0.15, 0.2) is 0 Å². The lowest BCUT2D eigenvalue weighted by atomic mass is 9.81.